The van der Waals surface area contributed by atoms with E-state index in [1.54, 1.807) is 0 Å². The molecule has 0 radical (unpaired) electrons. The second-order valence-corrected chi connectivity index (χ2v) is 11.1. The van der Waals surface area contributed by atoms with Gasteiger partial charge in [0.1, 0.15) is 0 Å². The van der Waals surface area contributed by atoms with E-state index in [1.807, 2.05) is 48.5 Å². The smallest absolute Gasteiger partial charge is 0.159 e. The molecule has 4 aromatic rings. The van der Waals surface area contributed by atoms with Gasteiger partial charge < -0.3 is 0 Å². The average molecular weight is 598 g/mol. The van der Waals surface area contributed by atoms with Gasteiger partial charge in [0, 0.05) is 11.8 Å². The first-order chi connectivity index (χ1) is 17.6. The Bertz CT molecular complexity index is 1370. The normalized spacial score (nSPS) is 26.2. The van der Waals surface area contributed by atoms with Gasteiger partial charge in [-0.05, 0) is 44.5 Å². The van der Waals surface area contributed by atoms with Gasteiger partial charge in [-0.3, -0.25) is 9.59 Å². The third-order valence-electron chi connectivity index (χ3n) is 8.77. The van der Waals surface area contributed by atoms with Crippen LogP contribution in [-0.4, -0.2) is 22.2 Å². The van der Waals surface area contributed by atoms with Crippen LogP contribution < -0.4 is 0 Å². The van der Waals surface area contributed by atoms with Gasteiger partial charge in [0.15, 0.2) is 11.6 Å². The Labute approximate surface area is 227 Å². The maximum atomic E-state index is 14.5. The number of halogens is 2. The molecule has 0 N–H and O–H groups in total. The van der Waals surface area contributed by atoms with Gasteiger partial charge in [-0.1, -0.05) is 129 Å². The van der Waals surface area contributed by atoms with E-state index in [0.29, 0.717) is 0 Å². The van der Waals surface area contributed by atoms with Crippen molar-refractivity contribution in [3.05, 3.63) is 142 Å². The lowest BCUT2D eigenvalue weighted by atomic mass is 9.41. The maximum Gasteiger partial charge on any atom is 0.159 e. The zero-order chi connectivity index (χ0) is 24.7. The number of alkyl halides is 2. The van der Waals surface area contributed by atoms with E-state index in [4.69, 9.17) is 0 Å². The van der Waals surface area contributed by atoms with E-state index in [1.165, 1.54) is 0 Å². The molecule has 36 heavy (non-hydrogen) atoms. The van der Waals surface area contributed by atoms with E-state index in [-0.39, 0.29) is 34.1 Å². The van der Waals surface area contributed by atoms with Crippen LogP contribution in [-0.2, 0) is 20.4 Å². The van der Waals surface area contributed by atoms with Gasteiger partial charge in [-0.15, -0.1) is 0 Å². The van der Waals surface area contributed by atoms with Gasteiger partial charge in [0.05, 0.1) is 21.5 Å². The quantitative estimate of drug-likeness (QED) is 0.243. The highest BCUT2D eigenvalue weighted by molar-refractivity contribution is 9.09. The molecule has 0 aliphatic heterocycles. The van der Waals surface area contributed by atoms with Crippen LogP contribution >= 0.6 is 31.9 Å². The topological polar surface area (TPSA) is 34.1 Å². The highest BCUT2D eigenvalue weighted by Gasteiger charge is 2.66. The molecule has 4 heteroatoms. The van der Waals surface area contributed by atoms with E-state index in [0.717, 1.165) is 44.5 Å². The average Bonchev–Trinajstić information content (AvgIpc) is 2.93. The molecule has 0 unspecified atom stereocenters. The van der Waals surface area contributed by atoms with Crippen molar-refractivity contribution in [2.75, 3.05) is 10.7 Å². The minimum Gasteiger partial charge on any atom is -0.297 e. The molecule has 6 aliphatic carbocycles. The Morgan fingerprint density at radius 3 is 1.00 bits per heavy atom. The van der Waals surface area contributed by atoms with Crippen molar-refractivity contribution in [2.24, 2.45) is 0 Å². The van der Waals surface area contributed by atoms with Crippen LogP contribution in [0.5, 0.6) is 0 Å². The first-order valence-corrected chi connectivity index (χ1v) is 14.4. The van der Waals surface area contributed by atoms with Crippen molar-refractivity contribution in [1.82, 2.24) is 0 Å². The van der Waals surface area contributed by atoms with Crippen LogP contribution in [0.15, 0.2) is 97.1 Å². The molecular formula is C32H22Br2O2. The summed E-state index contributed by atoms with van der Waals surface area (Å²) in [5.41, 5.74) is 6.59. The Balaban J connectivity index is 1.82. The molecule has 0 saturated carbocycles. The summed E-state index contributed by atoms with van der Waals surface area (Å²) in [6.07, 6.45) is 0. The Kier molecular flexibility index (Phi) is 4.87. The minimum absolute atomic E-state index is 0.136. The molecular weight excluding hydrogens is 576 g/mol. The molecule has 4 bridgehead atoms. The van der Waals surface area contributed by atoms with Gasteiger partial charge >= 0.3 is 0 Å². The minimum atomic E-state index is -0.913. The first kappa shape index (κ1) is 22.4. The Hall–Kier alpha value is -2.82. The molecule has 176 valence electrons. The molecule has 0 saturated heterocycles. The summed E-state index contributed by atoms with van der Waals surface area (Å²) in [5.74, 6) is -0.238. The summed E-state index contributed by atoms with van der Waals surface area (Å²) in [4.78, 5) is 29.0. The van der Waals surface area contributed by atoms with Gasteiger partial charge in [-0.25, -0.2) is 0 Å². The SMILES string of the molecule is O=C(CBr)C12c3ccccc3C(c3ccccc31)C1(C(=O)CBr)c3ccccc3C2c2ccccc21. The van der Waals surface area contributed by atoms with Crippen LogP contribution in [0.1, 0.15) is 56.3 Å². The molecule has 0 heterocycles. The van der Waals surface area contributed by atoms with Crippen LogP contribution in [0.3, 0.4) is 0 Å². The molecule has 2 nitrogen and oxygen atoms in total. The number of benzene rings is 4. The fourth-order valence-corrected chi connectivity index (χ4v) is 8.63. The summed E-state index contributed by atoms with van der Waals surface area (Å²) in [6.45, 7) is 0. The number of carbonyl (C=O) groups is 2. The lowest BCUT2D eigenvalue weighted by Gasteiger charge is -2.59. The number of Topliss-reactive ketones (excluding diaryl/α,β-unsaturated/α-hetero) is 2. The summed E-state index contributed by atoms with van der Waals surface area (Å²) < 4.78 is 0. The maximum absolute atomic E-state index is 14.5. The number of hydrogen-bond acceptors (Lipinski definition) is 2. The molecule has 0 amide bonds. The lowest BCUT2D eigenvalue weighted by molar-refractivity contribution is -0.122. The van der Waals surface area contributed by atoms with Gasteiger partial charge in [0.2, 0.25) is 0 Å². The predicted molar refractivity (Wildman–Crippen MR) is 149 cm³/mol. The Morgan fingerprint density at radius 1 is 0.500 bits per heavy atom. The van der Waals surface area contributed by atoms with E-state index >= 15 is 0 Å². The van der Waals surface area contributed by atoms with Crippen molar-refractivity contribution >= 4 is 43.4 Å². The Morgan fingerprint density at radius 2 is 0.750 bits per heavy atom. The van der Waals surface area contributed by atoms with Crippen molar-refractivity contribution in [3.63, 3.8) is 0 Å². The van der Waals surface area contributed by atoms with Crippen molar-refractivity contribution in [3.8, 4) is 0 Å². The predicted octanol–water partition coefficient (Wildman–Crippen LogP) is 6.79. The second-order valence-electron chi connectivity index (χ2n) is 9.94. The van der Waals surface area contributed by atoms with Crippen LogP contribution in [0.4, 0.5) is 0 Å². The summed E-state index contributed by atoms with van der Waals surface area (Å²) >= 11 is 7.15. The highest BCUT2D eigenvalue weighted by atomic mass is 79.9. The largest absolute Gasteiger partial charge is 0.297 e. The molecule has 6 aliphatic rings. The number of carbonyl (C=O) groups excluding carboxylic acids is 2. The van der Waals surface area contributed by atoms with E-state index in [2.05, 4.69) is 80.4 Å². The number of hydrogen-bond donors (Lipinski definition) is 0. The molecule has 0 spiro atoms. The van der Waals surface area contributed by atoms with Gasteiger partial charge in [0.25, 0.3) is 0 Å². The summed E-state index contributed by atoms with van der Waals surface area (Å²) in [7, 11) is 0. The summed E-state index contributed by atoms with van der Waals surface area (Å²) in [6, 6.07) is 33.4. The van der Waals surface area contributed by atoms with E-state index in [9.17, 15) is 9.59 Å². The first-order valence-electron chi connectivity index (χ1n) is 12.2. The molecule has 0 aromatic heterocycles. The van der Waals surface area contributed by atoms with Crippen molar-refractivity contribution < 1.29 is 9.59 Å². The highest BCUT2D eigenvalue weighted by Crippen LogP contribution is 2.68. The summed E-state index contributed by atoms with van der Waals surface area (Å²) in [5, 5.41) is 0.485. The molecule has 0 fully saturated rings. The third-order valence-corrected chi connectivity index (χ3v) is 9.79. The molecule has 0 atom stereocenters. The van der Waals surface area contributed by atoms with Crippen LogP contribution in [0.25, 0.3) is 0 Å². The van der Waals surface area contributed by atoms with Crippen LogP contribution in [0, 0.1) is 0 Å². The molecule has 4 aromatic carbocycles. The van der Waals surface area contributed by atoms with Gasteiger partial charge in [-0.2, -0.15) is 0 Å². The fourth-order valence-electron chi connectivity index (χ4n) is 7.75. The van der Waals surface area contributed by atoms with Crippen molar-refractivity contribution in [2.45, 2.75) is 22.7 Å². The van der Waals surface area contributed by atoms with Crippen molar-refractivity contribution in [1.29, 1.82) is 0 Å². The zero-order valence-electron chi connectivity index (χ0n) is 19.4. The zero-order valence-corrected chi connectivity index (χ0v) is 22.6. The number of ketones is 2. The monoisotopic (exact) mass is 596 g/mol. The third kappa shape index (κ3) is 2.38. The standard InChI is InChI=1S/C32H22Br2O2/c33-17-27(35)31-23-13-5-1-9-19(23)29(20-10-2-6-14-24(20)31)32(28(36)18-34)25-15-7-3-11-21(25)30(31)22-12-4-8-16-26(22)32/h1-16,29-30H,17-18H2. The van der Waals surface area contributed by atoms with E-state index < -0.39 is 10.8 Å². The second kappa shape index (κ2) is 7.84. The fraction of sp³-hybridized carbons (Fsp3) is 0.188. The number of rotatable bonds is 4. The molecule has 10 rings (SSSR count). The lowest BCUT2D eigenvalue weighted by Crippen LogP contribution is -2.59. The van der Waals surface area contributed by atoms with Crippen LogP contribution in [0.2, 0.25) is 0 Å².